The van der Waals surface area contributed by atoms with Crippen molar-refractivity contribution in [3.05, 3.63) is 0 Å². The van der Waals surface area contributed by atoms with Crippen LogP contribution in [0, 0.1) is 5.92 Å². The van der Waals surface area contributed by atoms with Crippen molar-refractivity contribution in [3.8, 4) is 0 Å². The molecule has 0 aromatic heterocycles. The topological polar surface area (TPSA) is 50.7 Å². The van der Waals surface area contributed by atoms with Crippen molar-refractivity contribution in [1.29, 1.82) is 0 Å². The summed E-state index contributed by atoms with van der Waals surface area (Å²) in [5.74, 6) is 0.491. The highest BCUT2D eigenvalue weighted by Gasteiger charge is 2.27. The van der Waals surface area contributed by atoms with Crippen LogP contribution >= 0.6 is 0 Å². The number of hydrogen-bond donors (Lipinski definition) is 2. The maximum absolute atomic E-state index is 11.7. The van der Waals surface area contributed by atoms with Gasteiger partial charge in [0.1, 0.15) is 0 Å². The summed E-state index contributed by atoms with van der Waals surface area (Å²) in [5.41, 5.74) is 2.06. The van der Waals surface area contributed by atoms with E-state index in [1.807, 2.05) is 6.92 Å². The van der Waals surface area contributed by atoms with Crippen molar-refractivity contribution >= 4 is 0 Å². The van der Waals surface area contributed by atoms with E-state index in [1.54, 1.807) is 0 Å². The van der Waals surface area contributed by atoms with E-state index in [-0.39, 0.29) is 19.3 Å². The Morgan fingerprint density at radius 1 is 1.22 bits per heavy atom. The molecular weight excluding hydrogens is 251 g/mol. The molecule has 0 rings (SSSR count). The Bertz CT molecular complexity index is 212. The molecule has 7 heteroatoms. The fraction of sp³-hybridized carbons (Fsp3) is 1.00. The number of hydroxylamine groups is 1. The van der Waals surface area contributed by atoms with Gasteiger partial charge in [-0.05, 0) is 19.3 Å². The summed E-state index contributed by atoms with van der Waals surface area (Å²) in [5, 5.41) is 9.41. The Balaban J connectivity index is 3.51. The Morgan fingerprint density at radius 2 is 1.83 bits per heavy atom. The summed E-state index contributed by atoms with van der Waals surface area (Å²) in [6.07, 6.45) is -4.39. The molecule has 0 radical (unpaired) electrons. The first kappa shape index (κ1) is 17.6. The van der Waals surface area contributed by atoms with E-state index in [0.717, 1.165) is 6.42 Å². The zero-order valence-corrected chi connectivity index (χ0v) is 11.0. The zero-order chi connectivity index (χ0) is 14.2. The Hall–Kier alpha value is -0.370. The molecule has 110 valence electrons. The third-order valence-electron chi connectivity index (χ3n) is 2.03. The maximum Gasteiger partial charge on any atom is 0.413 e. The van der Waals surface area contributed by atoms with Crippen LogP contribution < -0.4 is 5.48 Å². The van der Waals surface area contributed by atoms with E-state index in [1.165, 1.54) is 0 Å². The number of nitrogens with one attached hydrogen (secondary N) is 1. The van der Waals surface area contributed by atoms with Crippen molar-refractivity contribution in [2.45, 2.75) is 45.6 Å². The van der Waals surface area contributed by atoms with Crippen LogP contribution in [0.3, 0.4) is 0 Å². The van der Waals surface area contributed by atoms with Gasteiger partial charge in [-0.2, -0.15) is 18.7 Å². The van der Waals surface area contributed by atoms with E-state index in [9.17, 15) is 18.3 Å². The van der Waals surface area contributed by atoms with Gasteiger partial charge in [-0.1, -0.05) is 13.8 Å². The van der Waals surface area contributed by atoms with Gasteiger partial charge in [0.05, 0.1) is 18.8 Å². The summed E-state index contributed by atoms with van der Waals surface area (Å²) < 4.78 is 40.5. The Morgan fingerprint density at radius 3 is 2.33 bits per heavy atom. The number of aliphatic hydroxyl groups excluding tert-OH is 1. The highest BCUT2D eigenvalue weighted by Crippen LogP contribution is 2.13. The van der Waals surface area contributed by atoms with Crippen molar-refractivity contribution in [2.75, 3.05) is 19.8 Å². The molecule has 2 unspecified atom stereocenters. The van der Waals surface area contributed by atoms with E-state index in [4.69, 9.17) is 4.74 Å². The highest BCUT2D eigenvalue weighted by atomic mass is 19.4. The van der Waals surface area contributed by atoms with Gasteiger partial charge < -0.3 is 9.84 Å². The van der Waals surface area contributed by atoms with E-state index < -0.39 is 18.9 Å². The van der Waals surface area contributed by atoms with Crippen LogP contribution in [-0.2, 0) is 9.57 Å². The molecule has 0 bridgehead atoms. The molecule has 4 nitrogen and oxygen atoms in total. The lowest BCUT2D eigenvalue weighted by Crippen LogP contribution is -2.34. The molecule has 0 aliphatic carbocycles. The summed E-state index contributed by atoms with van der Waals surface area (Å²) >= 11 is 0. The summed E-state index contributed by atoms with van der Waals surface area (Å²) in [7, 11) is 0. The Labute approximate surface area is 105 Å². The van der Waals surface area contributed by atoms with Crippen molar-refractivity contribution < 1.29 is 27.9 Å². The zero-order valence-electron chi connectivity index (χ0n) is 11.0. The molecule has 0 amide bonds. The molecule has 0 aliphatic heterocycles. The third-order valence-corrected chi connectivity index (χ3v) is 2.03. The summed E-state index contributed by atoms with van der Waals surface area (Å²) in [4.78, 5) is 4.15. The smallest absolute Gasteiger partial charge is 0.389 e. The largest absolute Gasteiger partial charge is 0.413 e. The van der Waals surface area contributed by atoms with Crippen LogP contribution in [-0.4, -0.2) is 43.2 Å². The standard InChI is InChI=1S/C11H22F3NO3/c1-8(2)4-9(3)17-6-10(16)5-15-18-7-11(12,13)14/h8-10,15-16H,4-7H2,1-3H3. The minimum atomic E-state index is -4.37. The monoisotopic (exact) mass is 273 g/mol. The van der Waals surface area contributed by atoms with Crippen LogP contribution in [0.25, 0.3) is 0 Å². The molecule has 0 saturated carbocycles. The highest BCUT2D eigenvalue weighted by molar-refractivity contribution is 4.59. The predicted octanol–water partition coefficient (Wildman–Crippen LogP) is 1.88. The molecule has 0 spiro atoms. The van der Waals surface area contributed by atoms with Crippen molar-refractivity contribution in [3.63, 3.8) is 0 Å². The summed E-state index contributed by atoms with van der Waals surface area (Å²) in [6, 6.07) is 0. The van der Waals surface area contributed by atoms with Gasteiger partial charge >= 0.3 is 6.18 Å². The van der Waals surface area contributed by atoms with Crippen LogP contribution in [0.5, 0.6) is 0 Å². The van der Waals surface area contributed by atoms with E-state index in [2.05, 4.69) is 24.2 Å². The second kappa shape index (κ2) is 8.68. The second-order valence-corrected chi connectivity index (χ2v) is 4.68. The van der Waals surface area contributed by atoms with E-state index in [0.29, 0.717) is 5.92 Å². The number of aliphatic hydroxyl groups is 1. The van der Waals surface area contributed by atoms with Crippen LogP contribution in [0.2, 0.25) is 0 Å². The van der Waals surface area contributed by atoms with Gasteiger partial charge in [-0.3, -0.25) is 4.84 Å². The fourth-order valence-corrected chi connectivity index (χ4v) is 1.35. The van der Waals surface area contributed by atoms with Crippen LogP contribution in [0.4, 0.5) is 13.2 Å². The lowest BCUT2D eigenvalue weighted by Gasteiger charge is -2.18. The van der Waals surface area contributed by atoms with Crippen molar-refractivity contribution in [2.24, 2.45) is 5.92 Å². The van der Waals surface area contributed by atoms with Gasteiger partial charge in [0.15, 0.2) is 6.61 Å². The first-order valence-corrected chi connectivity index (χ1v) is 5.91. The average molecular weight is 273 g/mol. The number of halogens is 3. The lowest BCUT2D eigenvalue weighted by atomic mass is 10.1. The van der Waals surface area contributed by atoms with Gasteiger partial charge in [-0.25, -0.2) is 0 Å². The molecule has 18 heavy (non-hydrogen) atoms. The number of hydrogen-bond acceptors (Lipinski definition) is 4. The average Bonchev–Trinajstić information content (AvgIpc) is 2.19. The normalized spacial score (nSPS) is 16.0. The van der Waals surface area contributed by atoms with Gasteiger partial charge in [0, 0.05) is 6.54 Å². The third kappa shape index (κ3) is 12.1. The molecule has 0 fully saturated rings. The maximum atomic E-state index is 11.7. The first-order valence-electron chi connectivity index (χ1n) is 5.91. The van der Waals surface area contributed by atoms with E-state index >= 15 is 0 Å². The minimum Gasteiger partial charge on any atom is -0.389 e. The molecule has 0 aromatic rings. The molecule has 0 aromatic carbocycles. The first-order chi connectivity index (χ1) is 8.20. The number of rotatable bonds is 9. The second-order valence-electron chi connectivity index (χ2n) is 4.68. The SMILES string of the molecule is CC(C)CC(C)OCC(O)CNOCC(F)(F)F. The molecule has 0 saturated heterocycles. The predicted molar refractivity (Wildman–Crippen MR) is 60.9 cm³/mol. The lowest BCUT2D eigenvalue weighted by molar-refractivity contribution is -0.191. The molecular formula is C11H22F3NO3. The van der Waals surface area contributed by atoms with Crippen molar-refractivity contribution in [1.82, 2.24) is 5.48 Å². The van der Waals surface area contributed by atoms with Crippen LogP contribution in [0.1, 0.15) is 27.2 Å². The van der Waals surface area contributed by atoms with Gasteiger partial charge in [0.25, 0.3) is 0 Å². The van der Waals surface area contributed by atoms with Gasteiger partial charge in [-0.15, -0.1) is 0 Å². The molecule has 0 heterocycles. The Kier molecular flexibility index (Phi) is 8.51. The van der Waals surface area contributed by atoms with Crippen LogP contribution in [0.15, 0.2) is 0 Å². The summed E-state index contributed by atoms with van der Waals surface area (Å²) in [6.45, 7) is 4.58. The molecule has 2 atom stereocenters. The fourth-order valence-electron chi connectivity index (χ4n) is 1.35. The minimum absolute atomic E-state index is 0.00995. The number of alkyl halides is 3. The quantitative estimate of drug-likeness (QED) is 0.497. The molecule has 2 N–H and O–H groups in total. The van der Waals surface area contributed by atoms with Gasteiger partial charge in [0.2, 0.25) is 0 Å². The molecule has 0 aliphatic rings. The number of ether oxygens (including phenoxy) is 1.